The molecular formula is C15H21FN2O2S2. The number of halogens is 1. The molecule has 0 spiro atoms. The fourth-order valence-electron chi connectivity index (χ4n) is 2.54. The van der Waals surface area contributed by atoms with Crippen LogP contribution in [0.5, 0.6) is 0 Å². The van der Waals surface area contributed by atoms with Gasteiger partial charge in [0.2, 0.25) is 0 Å². The number of thiocarbonyl (C=S) groups is 1. The molecule has 1 N–H and O–H groups in total. The Morgan fingerprint density at radius 2 is 2.05 bits per heavy atom. The van der Waals surface area contributed by atoms with Crippen LogP contribution in [0.2, 0.25) is 0 Å². The van der Waals surface area contributed by atoms with Gasteiger partial charge in [-0.25, -0.2) is 12.8 Å². The summed E-state index contributed by atoms with van der Waals surface area (Å²) in [6.45, 7) is 4.82. The van der Waals surface area contributed by atoms with E-state index in [4.69, 9.17) is 12.2 Å². The first kappa shape index (κ1) is 17.1. The van der Waals surface area contributed by atoms with Crippen molar-refractivity contribution in [2.24, 2.45) is 5.92 Å². The number of nitrogens with zero attached hydrogens (tertiary/aromatic N) is 1. The summed E-state index contributed by atoms with van der Waals surface area (Å²) in [5.74, 6) is 0.407. The van der Waals surface area contributed by atoms with E-state index in [0.717, 1.165) is 0 Å². The lowest BCUT2D eigenvalue weighted by atomic mass is 10.1. The van der Waals surface area contributed by atoms with Crippen molar-refractivity contribution >= 4 is 32.9 Å². The van der Waals surface area contributed by atoms with Crippen molar-refractivity contribution < 1.29 is 12.8 Å². The van der Waals surface area contributed by atoms with Crippen molar-refractivity contribution in [3.8, 4) is 0 Å². The topological polar surface area (TPSA) is 49.4 Å². The van der Waals surface area contributed by atoms with Gasteiger partial charge in [0, 0.05) is 18.3 Å². The minimum Gasteiger partial charge on any atom is -0.345 e. The maximum absolute atomic E-state index is 12.9. The summed E-state index contributed by atoms with van der Waals surface area (Å²) in [7, 11) is -2.97. The average molecular weight is 344 g/mol. The summed E-state index contributed by atoms with van der Waals surface area (Å²) in [5.41, 5.74) is 0.695. The molecule has 0 amide bonds. The second kappa shape index (κ2) is 6.91. The number of nitrogens with one attached hydrogen (secondary N) is 1. The van der Waals surface area contributed by atoms with E-state index in [2.05, 4.69) is 19.2 Å². The van der Waals surface area contributed by atoms with Gasteiger partial charge in [-0.05, 0) is 48.8 Å². The molecule has 0 aliphatic carbocycles. The van der Waals surface area contributed by atoms with Crippen LogP contribution in [0, 0.1) is 11.7 Å². The van der Waals surface area contributed by atoms with Crippen LogP contribution in [0.3, 0.4) is 0 Å². The zero-order valence-electron chi connectivity index (χ0n) is 12.8. The van der Waals surface area contributed by atoms with Gasteiger partial charge in [0.25, 0.3) is 0 Å². The third-order valence-electron chi connectivity index (χ3n) is 3.57. The molecule has 1 atom stereocenters. The molecule has 1 heterocycles. The Balaban J connectivity index is 2.11. The van der Waals surface area contributed by atoms with Gasteiger partial charge in [0.15, 0.2) is 14.9 Å². The van der Waals surface area contributed by atoms with E-state index in [1.54, 1.807) is 12.1 Å². The van der Waals surface area contributed by atoms with E-state index >= 15 is 0 Å². The van der Waals surface area contributed by atoms with Gasteiger partial charge in [-0.2, -0.15) is 0 Å². The van der Waals surface area contributed by atoms with Crippen molar-refractivity contribution in [3.63, 3.8) is 0 Å². The first-order valence-corrected chi connectivity index (χ1v) is 9.53. The minimum absolute atomic E-state index is 0.0900. The largest absolute Gasteiger partial charge is 0.345 e. The van der Waals surface area contributed by atoms with Gasteiger partial charge in [-0.1, -0.05) is 13.8 Å². The quantitative estimate of drug-likeness (QED) is 0.851. The molecule has 22 heavy (non-hydrogen) atoms. The molecule has 1 aromatic carbocycles. The highest BCUT2D eigenvalue weighted by molar-refractivity contribution is 7.91. The molecule has 0 radical (unpaired) electrons. The molecule has 7 heteroatoms. The van der Waals surface area contributed by atoms with Gasteiger partial charge in [-0.3, -0.25) is 0 Å². The maximum atomic E-state index is 12.9. The Kier molecular flexibility index (Phi) is 5.39. The van der Waals surface area contributed by atoms with Crippen LogP contribution >= 0.6 is 12.2 Å². The Morgan fingerprint density at radius 3 is 2.55 bits per heavy atom. The van der Waals surface area contributed by atoms with Crippen LogP contribution < -0.4 is 5.32 Å². The highest BCUT2D eigenvalue weighted by Gasteiger charge is 2.33. The zero-order chi connectivity index (χ0) is 16.3. The smallest absolute Gasteiger partial charge is 0.173 e. The third kappa shape index (κ3) is 4.64. The van der Waals surface area contributed by atoms with E-state index in [-0.39, 0.29) is 23.4 Å². The van der Waals surface area contributed by atoms with Gasteiger partial charge in [-0.15, -0.1) is 0 Å². The van der Waals surface area contributed by atoms with E-state index in [1.165, 1.54) is 12.1 Å². The SMILES string of the molecule is CC(C)CN(C(=S)Nc1ccc(F)cc1)[C@@H]1CCS(=O)(=O)C1. The number of rotatable bonds is 4. The van der Waals surface area contributed by atoms with Gasteiger partial charge in [0.1, 0.15) is 5.82 Å². The first-order valence-electron chi connectivity index (χ1n) is 7.30. The normalized spacial score (nSPS) is 20.1. The second-order valence-electron chi connectivity index (χ2n) is 6.04. The van der Waals surface area contributed by atoms with E-state index < -0.39 is 9.84 Å². The fourth-order valence-corrected chi connectivity index (χ4v) is 4.61. The zero-order valence-corrected chi connectivity index (χ0v) is 14.4. The summed E-state index contributed by atoms with van der Waals surface area (Å²) in [6, 6.07) is 5.85. The predicted molar refractivity (Wildman–Crippen MR) is 91.2 cm³/mol. The highest BCUT2D eigenvalue weighted by atomic mass is 32.2. The lowest BCUT2D eigenvalue weighted by Gasteiger charge is -2.32. The molecule has 122 valence electrons. The Hall–Kier alpha value is -1.21. The highest BCUT2D eigenvalue weighted by Crippen LogP contribution is 2.20. The van der Waals surface area contributed by atoms with Crippen molar-refractivity contribution in [2.45, 2.75) is 26.3 Å². The summed E-state index contributed by atoms with van der Waals surface area (Å²) in [6.07, 6.45) is 0.598. The third-order valence-corrected chi connectivity index (χ3v) is 5.65. The molecule has 0 bridgehead atoms. The summed E-state index contributed by atoms with van der Waals surface area (Å²) in [4.78, 5) is 1.95. The Bertz CT molecular complexity index is 629. The number of hydrogen-bond acceptors (Lipinski definition) is 3. The molecule has 1 aliphatic rings. The van der Waals surface area contributed by atoms with Gasteiger partial charge >= 0.3 is 0 Å². The summed E-state index contributed by atoms with van der Waals surface area (Å²) >= 11 is 5.45. The van der Waals surface area contributed by atoms with Crippen molar-refractivity contribution in [1.82, 2.24) is 4.90 Å². The summed E-state index contributed by atoms with van der Waals surface area (Å²) < 4.78 is 36.4. The van der Waals surface area contributed by atoms with Crippen LogP contribution in [-0.4, -0.2) is 42.5 Å². The molecule has 1 fully saturated rings. The second-order valence-corrected chi connectivity index (χ2v) is 8.66. The van der Waals surface area contributed by atoms with Crippen molar-refractivity contribution in [3.05, 3.63) is 30.1 Å². The van der Waals surface area contributed by atoms with Crippen molar-refractivity contribution in [2.75, 3.05) is 23.4 Å². The van der Waals surface area contributed by atoms with Crippen LogP contribution in [0.4, 0.5) is 10.1 Å². The standard InChI is InChI=1S/C15H21FN2O2S2/c1-11(2)9-18(14-7-8-22(19,20)10-14)15(21)17-13-5-3-12(16)4-6-13/h3-6,11,14H,7-10H2,1-2H3,(H,17,21)/t14-/m1/s1. The van der Waals surface area contributed by atoms with Gasteiger partial charge in [0.05, 0.1) is 11.5 Å². The lowest BCUT2D eigenvalue weighted by molar-refractivity contribution is 0.303. The van der Waals surface area contributed by atoms with E-state index in [9.17, 15) is 12.8 Å². The molecule has 1 saturated heterocycles. The number of sulfone groups is 1. The minimum atomic E-state index is -2.97. The molecule has 0 saturated carbocycles. The van der Waals surface area contributed by atoms with Gasteiger partial charge < -0.3 is 10.2 Å². The number of benzene rings is 1. The number of anilines is 1. The van der Waals surface area contributed by atoms with Crippen LogP contribution in [0.15, 0.2) is 24.3 Å². The van der Waals surface area contributed by atoms with Crippen LogP contribution in [0.1, 0.15) is 20.3 Å². The average Bonchev–Trinajstić information content (AvgIpc) is 2.78. The maximum Gasteiger partial charge on any atom is 0.173 e. The van der Waals surface area contributed by atoms with Crippen LogP contribution in [0.25, 0.3) is 0 Å². The predicted octanol–water partition coefficient (Wildman–Crippen LogP) is 2.67. The molecule has 4 nitrogen and oxygen atoms in total. The first-order chi connectivity index (χ1) is 10.3. The fraction of sp³-hybridized carbons (Fsp3) is 0.533. The van der Waals surface area contributed by atoms with E-state index in [0.29, 0.717) is 29.7 Å². The van der Waals surface area contributed by atoms with Crippen molar-refractivity contribution in [1.29, 1.82) is 0 Å². The molecular weight excluding hydrogens is 323 g/mol. The monoisotopic (exact) mass is 344 g/mol. The Morgan fingerprint density at radius 1 is 1.41 bits per heavy atom. The lowest BCUT2D eigenvalue weighted by Crippen LogP contribution is -2.45. The summed E-state index contributed by atoms with van der Waals surface area (Å²) in [5, 5.41) is 3.56. The molecule has 0 aromatic heterocycles. The molecule has 2 rings (SSSR count). The number of hydrogen-bond donors (Lipinski definition) is 1. The Labute approximate surface area is 136 Å². The van der Waals surface area contributed by atoms with E-state index in [1.807, 2.05) is 4.90 Å². The van der Waals surface area contributed by atoms with Crippen LogP contribution in [-0.2, 0) is 9.84 Å². The molecule has 1 aromatic rings. The molecule has 1 aliphatic heterocycles. The molecule has 0 unspecified atom stereocenters.